The maximum absolute atomic E-state index is 4.32. The van der Waals surface area contributed by atoms with Crippen LogP contribution in [-0.2, 0) is 18.6 Å². The van der Waals surface area contributed by atoms with Crippen molar-refractivity contribution in [1.82, 2.24) is 4.90 Å². The molecule has 1 aliphatic heterocycles. The smallest absolute Gasteiger partial charge is 0.00387 e. The van der Waals surface area contributed by atoms with Gasteiger partial charge in [0.05, 0.1) is 0 Å². The van der Waals surface area contributed by atoms with E-state index in [1.54, 1.807) is 0 Å². The summed E-state index contributed by atoms with van der Waals surface area (Å²) in [6, 6.07) is 0.678. The minimum absolute atomic E-state index is 0. The van der Waals surface area contributed by atoms with E-state index in [2.05, 4.69) is 37.9 Å². The van der Waals surface area contributed by atoms with Crippen molar-refractivity contribution in [2.24, 2.45) is 5.41 Å². The molecule has 1 rings (SSSR count). The third kappa shape index (κ3) is 3.94. The van der Waals surface area contributed by atoms with Gasteiger partial charge >= 0.3 is 0 Å². The molecule has 0 unspecified atom stereocenters. The van der Waals surface area contributed by atoms with Crippen LogP contribution in [0.3, 0.4) is 0 Å². The van der Waals surface area contributed by atoms with Gasteiger partial charge in [-0.15, -0.1) is 13.1 Å². The molecule has 2 nitrogen and oxygen atoms in total. The van der Waals surface area contributed by atoms with Crippen molar-refractivity contribution in [3.05, 3.63) is 5.32 Å². The van der Waals surface area contributed by atoms with E-state index < -0.39 is 0 Å². The number of rotatable bonds is 5. The van der Waals surface area contributed by atoms with E-state index in [1.807, 2.05) is 0 Å². The Morgan fingerprint density at radius 1 is 1.36 bits per heavy atom. The van der Waals surface area contributed by atoms with Gasteiger partial charge in [-0.05, 0) is 26.8 Å². The van der Waals surface area contributed by atoms with Crippen molar-refractivity contribution in [2.45, 2.75) is 40.2 Å². The minimum atomic E-state index is 0. The zero-order valence-corrected chi connectivity index (χ0v) is 11.4. The second kappa shape index (κ2) is 6.17. The molecule has 3 heteroatoms. The van der Waals surface area contributed by atoms with Gasteiger partial charge in [-0.25, -0.2) is 0 Å². The first kappa shape index (κ1) is 14.5. The fourth-order valence-electron chi connectivity index (χ4n) is 1.89. The van der Waals surface area contributed by atoms with Gasteiger partial charge in [0.1, 0.15) is 0 Å². The number of hydrogen-bond donors (Lipinski definition) is 0. The second-order valence-corrected chi connectivity index (χ2v) is 4.91. The topological polar surface area (TPSA) is 17.3 Å². The molecule has 1 heterocycles. The average Bonchev–Trinajstić information content (AvgIpc) is 2.00. The van der Waals surface area contributed by atoms with Crippen molar-refractivity contribution < 1.29 is 18.6 Å². The van der Waals surface area contributed by atoms with Crippen molar-refractivity contribution >= 4 is 0 Å². The van der Waals surface area contributed by atoms with Gasteiger partial charge in [0.25, 0.3) is 0 Å². The van der Waals surface area contributed by atoms with Gasteiger partial charge in [-0.2, -0.15) is 0 Å². The summed E-state index contributed by atoms with van der Waals surface area (Å²) >= 11 is 0. The molecule has 0 N–H and O–H groups in total. The first-order valence-corrected chi connectivity index (χ1v) is 5.45. The van der Waals surface area contributed by atoms with E-state index in [4.69, 9.17) is 0 Å². The monoisotopic (exact) mass is 234 g/mol. The van der Waals surface area contributed by atoms with Crippen molar-refractivity contribution in [1.29, 1.82) is 0 Å². The van der Waals surface area contributed by atoms with E-state index in [-0.39, 0.29) is 18.6 Å². The molecule has 1 saturated heterocycles. The Bertz CT molecular complexity index is 155. The van der Waals surface area contributed by atoms with E-state index in [1.165, 1.54) is 19.5 Å². The van der Waals surface area contributed by atoms with E-state index in [0.29, 0.717) is 11.5 Å². The van der Waals surface area contributed by atoms with Gasteiger partial charge in [0, 0.05) is 31.1 Å². The molecule has 14 heavy (non-hydrogen) atoms. The van der Waals surface area contributed by atoms with Crippen LogP contribution in [0.25, 0.3) is 5.32 Å². The largest absolute Gasteiger partial charge is 0.661 e. The molecule has 0 amide bonds. The molecule has 0 bridgehead atoms. The molecule has 83 valence electrons. The van der Waals surface area contributed by atoms with Gasteiger partial charge in [-0.3, -0.25) is 0 Å². The third-order valence-corrected chi connectivity index (χ3v) is 2.81. The normalized spacial score (nSPS) is 19.3. The fraction of sp³-hybridized carbons (Fsp3) is 1.00. The Kier molecular flexibility index (Phi) is 6.39. The zero-order valence-electron chi connectivity index (χ0n) is 9.95. The molecular formula is C11H23N2V-. The van der Waals surface area contributed by atoms with Crippen LogP contribution < -0.4 is 0 Å². The van der Waals surface area contributed by atoms with Crippen LogP contribution in [0.4, 0.5) is 0 Å². The van der Waals surface area contributed by atoms with E-state index in [0.717, 1.165) is 13.1 Å². The predicted molar refractivity (Wildman–Crippen MR) is 58.2 cm³/mol. The van der Waals surface area contributed by atoms with Crippen LogP contribution in [0.2, 0.25) is 0 Å². The molecule has 0 saturated carbocycles. The van der Waals surface area contributed by atoms with Crippen LogP contribution in [0, 0.1) is 5.41 Å². The standard InChI is InChI=1S/C11H23N2.V/c1-5-6-13(10(2)3)9-11(4)7-12-8-11;/h10H,5-9H2,1-4H3;/q-1;. The summed E-state index contributed by atoms with van der Waals surface area (Å²) in [5.41, 5.74) is 0.486. The molecule has 0 aliphatic carbocycles. The molecule has 0 aromatic rings. The Balaban J connectivity index is 0.00000169. The maximum Gasteiger partial charge on any atom is 0.00387 e. The number of nitrogens with zero attached hydrogens (tertiary/aromatic N) is 2. The van der Waals surface area contributed by atoms with Gasteiger partial charge in [0.15, 0.2) is 0 Å². The van der Waals surface area contributed by atoms with Gasteiger partial charge in [0.2, 0.25) is 0 Å². The predicted octanol–water partition coefficient (Wildman–Crippen LogP) is 2.50. The summed E-state index contributed by atoms with van der Waals surface area (Å²) in [6.45, 7) is 13.8. The Morgan fingerprint density at radius 3 is 2.21 bits per heavy atom. The fourth-order valence-corrected chi connectivity index (χ4v) is 1.89. The van der Waals surface area contributed by atoms with Crippen LogP contribution in [-0.4, -0.2) is 37.1 Å². The average molecular weight is 234 g/mol. The molecular weight excluding hydrogens is 211 g/mol. The van der Waals surface area contributed by atoms with Crippen molar-refractivity contribution in [3.63, 3.8) is 0 Å². The minimum Gasteiger partial charge on any atom is -0.661 e. The first-order chi connectivity index (χ1) is 6.07. The first-order valence-electron chi connectivity index (χ1n) is 5.45. The van der Waals surface area contributed by atoms with Gasteiger partial charge in [-0.1, -0.05) is 19.3 Å². The van der Waals surface area contributed by atoms with Crippen LogP contribution >= 0.6 is 0 Å². The maximum atomic E-state index is 4.32. The van der Waals surface area contributed by atoms with Crippen molar-refractivity contribution in [2.75, 3.05) is 26.2 Å². The second-order valence-electron chi connectivity index (χ2n) is 4.91. The summed E-state index contributed by atoms with van der Waals surface area (Å²) in [5.74, 6) is 0. The Hall–Kier alpha value is 0.504. The molecule has 1 fully saturated rings. The summed E-state index contributed by atoms with van der Waals surface area (Å²) in [5, 5.41) is 4.32. The van der Waals surface area contributed by atoms with Crippen LogP contribution in [0.15, 0.2) is 0 Å². The molecule has 0 atom stereocenters. The van der Waals surface area contributed by atoms with Crippen molar-refractivity contribution in [3.8, 4) is 0 Å². The molecule has 0 aromatic heterocycles. The Morgan fingerprint density at radius 2 is 1.93 bits per heavy atom. The van der Waals surface area contributed by atoms with Crippen LogP contribution in [0.1, 0.15) is 34.1 Å². The molecule has 1 aliphatic rings. The van der Waals surface area contributed by atoms with Crippen LogP contribution in [0.5, 0.6) is 0 Å². The summed E-state index contributed by atoms with van der Waals surface area (Å²) in [4.78, 5) is 2.58. The SMILES string of the molecule is CCCN(CC1(C)C[N-]C1)C(C)C.[V]. The summed E-state index contributed by atoms with van der Waals surface area (Å²) < 4.78 is 0. The molecule has 1 radical (unpaired) electrons. The Labute approximate surface area is 101 Å². The molecule has 0 spiro atoms. The van der Waals surface area contributed by atoms with E-state index >= 15 is 0 Å². The van der Waals surface area contributed by atoms with E-state index in [9.17, 15) is 0 Å². The summed E-state index contributed by atoms with van der Waals surface area (Å²) in [6.07, 6.45) is 1.26. The number of hydrogen-bond acceptors (Lipinski definition) is 1. The third-order valence-electron chi connectivity index (χ3n) is 2.81. The summed E-state index contributed by atoms with van der Waals surface area (Å²) in [7, 11) is 0. The van der Waals surface area contributed by atoms with Gasteiger partial charge < -0.3 is 10.2 Å². The quantitative estimate of drug-likeness (QED) is 0.714. The zero-order chi connectivity index (χ0) is 9.90. The molecule has 0 aromatic carbocycles.